The predicted molar refractivity (Wildman–Crippen MR) is 85.2 cm³/mol. The van der Waals surface area contributed by atoms with E-state index >= 15 is 0 Å². The van der Waals surface area contributed by atoms with Gasteiger partial charge in [-0.15, -0.1) is 11.3 Å². The maximum atomic E-state index is 4.55. The first-order chi connectivity index (χ1) is 9.72. The van der Waals surface area contributed by atoms with Crippen LogP contribution in [0.1, 0.15) is 37.6 Å². The smallest absolute Gasteiger partial charge is 0.133 e. The molecule has 0 bridgehead atoms. The zero-order valence-electron chi connectivity index (χ0n) is 12.3. The van der Waals surface area contributed by atoms with Gasteiger partial charge in [0.05, 0.1) is 17.7 Å². The zero-order chi connectivity index (χ0) is 14.4. The fourth-order valence-corrected chi connectivity index (χ4v) is 2.72. The fourth-order valence-electron chi connectivity index (χ4n) is 2.17. The highest BCUT2D eigenvalue weighted by atomic mass is 32.1. The third-order valence-corrected chi connectivity index (χ3v) is 3.86. The summed E-state index contributed by atoms with van der Waals surface area (Å²) in [6.07, 6.45) is 2.98. The highest BCUT2D eigenvalue weighted by Gasteiger charge is 2.14. The molecule has 2 aromatic heterocycles. The summed E-state index contributed by atoms with van der Waals surface area (Å²) < 4.78 is 0. The van der Waals surface area contributed by atoms with Crippen LogP contribution in [-0.2, 0) is 6.54 Å². The van der Waals surface area contributed by atoms with Gasteiger partial charge in [0.25, 0.3) is 0 Å². The van der Waals surface area contributed by atoms with Crippen molar-refractivity contribution in [2.45, 2.75) is 32.9 Å². The highest BCUT2D eigenvalue weighted by Crippen LogP contribution is 2.24. The summed E-state index contributed by atoms with van der Waals surface area (Å²) in [6, 6.07) is 4.45. The van der Waals surface area contributed by atoms with E-state index in [-0.39, 0.29) is 0 Å². The Balaban J connectivity index is 2.14. The van der Waals surface area contributed by atoms with Crippen molar-refractivity contribution in [3.63, 3.8) is 0 Å². The molecule has 0 amide bonds. The Labute approximate surface area is 124 Å². The van der Waals surface area contributed by atoms with Crippen LogP contribution in [0.3, 0.4) is 0 Å². The van der Waals surface area contributed by atoms with Gasteiger partial charge in [0.2, 0.25) is 0 Å². The third-order valence-electron chi connectivity index (χ3n) is 3.23. The molecule has 0 spiro atoms. The highest BCUT2D eigenvalue weighted by molar-refractivity contribution is 7.07. The van der Waals surface area contributed by atoms with Gasteiger partial charge in [-0.05, 0) is 26.0 Å². The number of aromatic nitrogens is 2. The second-order valence-electron chi connectivity index (χ2n) is 4.93. The Morgan fingerprint density at radius 2 is 2.25 bits per heavy atom. The molecule has 2 rings (SSSR count). The van der Waals surface area contributed by atoms with Crippen LogP contribution in [0.25, 0.3) is 0 Å². The number of hydrogen-bond donors (Lipinski definition) is 1. The van der Waals surface area contributed by atoms with Crippen LogP contribution in [0.15, 0.2) is 29.2 Å². The van der Waals surface area contributed by atoms with Crippen LogP contribution >= 0.6 is 11.3 Å². The minimum atomic E-state index is 0.302. The van der Waals surface area contributed by atoms with Gasteiger partial charge in [0.1, 0.15) is 5.82 Å². The van der Waals surface area contributed by atoms with Gasteiger partial charge in [-0.3, -0.25) is 0 Å². The molecule has 0 saturated carbocycles. The van der Waals surface area contributed by atoms with Crippen LogP contribution in [0.5, 0.6) is 0 Å². The van der Waals surface area contributed by atoms with Gasteiger partial charge >= 0.3 is 0 Å². The Morgan fingerprint density at radius 1 is 1.40 bits per heavy atom. The molecule has 0 aliphatic carbocycles. The summed E-state index contributed by atoms with van der Waals surface area (Å²) >= 11 is 1.63. The number of nitrogens with zero attached hydrogens (tertiary/aromatic N) is 3. The van der Waals surface area contributed by atoms with E-state index in [9.17, 15) is 0 Å². The van der Waals surface area contributed by atoms with Crippen LogP contribution in [0, 0.1) is 0 Å². The molecule has 0 aliphatic rings. The van der Waals surface area contributed by atoms with Gasteiger partial charge in [-0.1, -0.05) is 13.0 Å². The summed E-state index contributed by atoms with van der Waals surface area (Å²) in [5.41, 5.74) is 4.19. The molecule has 0 aromatic carbocycles. The monoisotopic (exact) mass is 290 g/mol. The molecule has 1 unspecified atom stereocenters. The fraction of sp³-hybridized carbons (Fsp3) is 0.467. The first kappa shape index (κ1) is 14.9. The van der Waals surface area contributed by atoms with E-state index in [1.165, 1.54) is 5.56 Å². The molecule has 108 valence electrons. The van der Waals surface area contributed by atoms with Gasteiger partial charge < -0.3 is 10.2 Å². The average molecular weight is 290 g/mol. The molecule has 1 N–H and O–H groups in total. The lowest BCUT2D eigenvalue weighted by atomic mass is 10.1. The normalized spacial score (nSPS) is 12.3. The van der Waals surface area contributed by atoms with Crippen molar-refractivity contribution in [1.82, 2.24) is 15.3 Å². The number of nitrogens with one attached hydrogen (secondary N) is 1. The lowest BCUT2D eigenvalue weighted by Gasteiger charge is -2.23. The summed E-state index contributed by atoms with van der Waals surface area (Å²) in [5.74, 6) is 1.02. The molecule has 5 heteroatoms. The summed E-state index contributed by atoms with van der Waals surface area (Å²) in [7, 11) is 2.07. The van der Waals surface area contributed by atoms with Crippen molar-refractivity contribution in [3.05, 3.63) is 40.5 Å². The van der Waals surface area contributed by atoms with Crippen LogP contribution in [0.2, 0.25) is 0 Å². The molecule has 0 radical (unpaired) electrons. The second-order valence-corrected chi connectivity index (χ2v) is 5.65. The Bertz CT molecular complexity index is 512. The SMILES string of the molecule is CCCNC(C)c1cccnc1N(C)Cc1cscn1. The van der Waals surface area contributed by atoms with E-state index in [4.69, 9.17) is 0 Å². The van der Waals surface area contributed by atoms with E-state index in [1.807, 2.05) is 17.8 Å². The number of rotatable bonds is 7. The van der Waals surface area contributed by atoms with Crippen molar-refractivity contribution in [3.8, 4) is 0 Å². The molecular weight excluding hydrogens is 268 g/mol. The maximum absolute atomic E-state index is 4.55. The van der Waals surface area contributed by atoms with Crippen molar-refractivity contribution >= 4 is 17.2 Å². The van der Waals surface area contributed by atoms with Gasteiger partial charge in [0.15, 0.2) is 0 Å². The standard InChI is InChI=1S/C15H22N4S/c1-4-7-16-12(2)14-6-5-8-17-15(14)19(3)9-13-10-20-11-18-13/h5-6,8,10-12,16H,4,7,9H2,1-3H3. The van der Waals surface area contributed by atoms with Crippen LogP contribution < -0.4 is 10.2 Å². The molecule has 4 nitrogen and oxygen atoms in total. The first-order valence-corrected chi connectivity index (χ1v) is 7.93. The molecule has 0 aliphatic heterocycles. The Kier molecular flexibility index (Phi) is 5.49. The minimum Gasteiger partial charge on any atom is -0.353 e. The Hall–Kier alpha value is -1.46. The van der Waals surface area contributed by atoms with Crippen molar-refractivity contribution in [2.75, 3.05) is 18.5 Å². The van der Waals surface area contributed by atoms with Crippen LogP contribution in [-0.4, -0.2) is 23.6 Å². The molecule has 0 saturated heterocycles. The van der Waals surface area contributed by atoms with E-state index in [0.717, 1.165) is 31.0 Å². The van der Waals surface area contributed by atoms with E-state index in [2.05, 4.69) is 52.5 Å². The molecular formula is C15H22N4S. The van der Waals surface area contributed by atoms with E-state index in [0.29, 0.717) is 6.04 Å². The number of anilines is 1. The quantitative estimate of drug-likeness (QED) is 0.850. The van der Waals surface area contributed by atoms with E-state index < -0.39 is 0 Å². The first-order valence-electron chi connectivity index (χ1n) is 6.98. The number of thiazole rings is 1. The van der Waals surface area contributed by atoms with Crippen molar-refractivity contribution in [2.24, 2.45) is 0 Å². The topological polar surface area (TPSA) is 41.1 Å². The zero-order valence-corrected chi connectivity index (χ0v) is 13.2. The molecule has 2 heterocycles. The largest absolute Gasteiger partial charge is 0.353 e. The average Bonchev–Trinajstić information content (AvgIpc) is 2.97. The van der Waals surface area contributed by atoms with Crippen molar-refractivity contribution < 1.29 is 0 Å². The van der Waals surface area contributed by atoms with Gasteiger partial charge in [0, 0.05) is 30.2 Å². The third kappa shape index (κ3) is 3.77. The van der Waals surface area contributed by atoms with Gasteiger partial charge in [-0.25, -0.2) is 9.97 Å². The van der Waals surface area contributed by atoms with Crippen molar-refractivity contribution in [1.29, 1.82) is 0 Å². The van der Waals surface area contributed by atoms with Gasteiger partial charge in [-0.2, -0.15) is 0 Å². The lowest BCUT2D eigenvalue weighted by molar-refractivity contribution is 0.568. The lowest BCUT2D eigenvalue weighted by Crippen LogP contribution is -2.24. The maximum Gasteiger partial charge on any atom is 0.133 e. The number of hydrogen-bond acceptors (Lipinski definition) is 5. The summed E-state index contributed by atoms with van der Waals surface area (Å²) in [5, 5.41) is 5.60. The second kappa shape index (κ2) is 7.36. The predicted octanol–water partition coefficient (Wildman–Crippen LogP) is 3.24. The summed E-state index contributed by atoms with van der Waals surface area (Å²) in [6.45, 7) is 6.17. The molecule has 1 atom stereocenters. The molecule has 0 fully saturated rings. The van der Waals surface area contributed by atoms with E-state index in [1.54, 1.807) is 11.3 Å². The molecule has 20 heavy (non-hydrogen) atoms. The Morgan fingerprint density at radius 3 is 2.95 bits per heavy atom. The summed E-state index contributed by atoms with van der Waals surface area (Å²) in [4.78, 5) is 11.1. The molecule has 2 aromatic rings. The number of pyridine rings is 1. The van der Waals surface area contributed by atoms with Crippen LogP contribution in [0.4, 0.5) is 5.82 Å². The minimum absolute atomic E-state index is 0.302.